The van der Waals surface area contributed by atoms with E-state index in [0.717, 1.165) is 18.9 Å². The SMILES string of the molecule is C[C@]12C[C@H](O)[C@@H]1CN(c1c(F)cc3c(=O)c(C(=O)O)cn(C4CC4)c3c1F)C2. The highest BCUT2D eigenvalue weighted by Gasteiger charge is 2.56. The van der Waals surface area contributed by atoms with E-state index < -0.39 is 34.7 Å². The van der Waals surface area contributed by atoms with Gasteiger partial charge in [0, 0.05) is 31.2 Å². The van der Waals surface area contributed by atoms with Crippen molar-refractivity contribution in [3.63, 3.8) is 0 Å². The van der Waals surface area contributed by atoms with Crippen LogP contribution in [0.25, 0.3) is 10.9 Å². The Morgan fingerprint density at radius 2 is 2.04 bits per heavy atom. The summed E-state index contributed by atoms with van der Waals surface area (Å²) in [5.74, 6) is -3.17. The molecule has 2 saturated carbocycles. The molecule has 28 heavy (non-hydrogen) atoms. The molecule has 3 atom stereocenters. The predicted molar refractivity (Wildman–Crippen MR) is 97.8 cm³/mol. The summed E-state index contributed by atoms with van der Waals surface area (Å²) in [7, 11) is 0. The molecule has 1 saturated heterocycles. The molecule has 6 nitrogen and oxygen atoms in total. The lowest BCUT2D eigenvalue weighted by Gasteiger charge is -2.45. The molecule has 1 aromatic carbocycles. The Labute approximate surface area is 159 Å². The van der Waals surface area contributed by atoms with Gasteiger partial charge in [0.2, 0.25) is 5.43 Å². The van der Waals surface area contributed by atoms with Crippen molar-refractivity contribution in [2.45, 2.75) is 38.3 Å². The Kier molecular flexibility index (Phi) is 3.48. The number of carboxylic acids is 1. The van der Waals surface area contributed by atoms with E-state index in [4.69, 9.17) is 0 Å². The normalized spacial score (nSPS) is 29.1. The average molecular weight is 390 g/mol. The van der Waals surface area contributed by atoms with Crippen molar-refractivity contribution in [2.24, 2.45) is 11.3 Å². The highest BCUT2D eigenvalue weighted by atomic mass is 19.1. The van der Waals surface area contributed by atoms with Crippen molar-refractivity contribution < 1.29 is 23.8 Å². The third-order valence-corrected chi connectivity index (χ3v) is 6.67. The molecule has 5 rings (SSSR count). The fourth-order valence-electron chi connectivity index (χ4n) is 5.02. The fourth-order valence-corrected chi connectivity index (χ4v) is 5.02. The van der Waals surface area contributed by atoms with Crippen molar-refractivity contribution in [1.29, 1.82) is 0 Å². The Balaban J connectivity index is 1.73. The van der Waals surface area contributed by atoms with Gasteiger partial charge in [0.1, 0.15) is 17.1 Å². The van der Waals surface area contributed by atoms with Gasteiger partial charge < -0.3 is 19.7 Å². The van der Waals surface area contributed by atoms with Crippen LogP contribution in [0.15, 0.2) is 17.1 Å². The molecule has 2 N–H and O–H groups in total. The van der Waals surface area contributed by atoms with E-state index in [0.29, 0.717) is 19.5 Å². The quantitative estimate of drug-likeness (QED) is 0.842. The van der Waals surface area contributed by atoms with Gasteiger partial charge in [-0.2, -0.15) is 0 Å². The molecule has 3 fully saturated rings. The molecule has 0 bridgehead atoms. The zero-order valence-corrected chi connectivity index (χ0v) is 15.3. The van der Waals surface area contributed by atoms with E-state index in [2.05, 4.69) is 0 Å². The summed E-state index contributed by atoms with van der Waals surface area (Å²) in [5, 5.41) is 19.0. The first kappa shape index (κ1) is 17.6. The molecule has 2 aliphatic carbocycles. The maximum atomic E-state index is 15.6. The molecule has 0 spiro atoms. The number of aliphatic hydroxyl groups is 1. The number of hydrogen-bond donors (Lipinski definition) is 2. The molecular weight excluding hydrogens is 370 g/mol. The lowest BCUT2D eigenvalue weighted by Crippen LogP contribution is -2.48. The third-order valence-electron chi connectivity index (χ3n) is 6.67. The van der Waals surface area contributed by atoms with Crippen molar-refractivity contribution >= 4 is 22.6 Å². The number of aliphatic hydroxyl groups excluding tert-OH is 1. The maximum absolute atomic E-state index is 15.6. The summed E-state index contributed by atoms with van der Waals surface area (Å²) >= 11 is 0. The minimum absolute atomic E-state index is 0.0398. The highest BCUT2D eigenvalue weighted by Crippen LogP contribution is 2.53. The molecule has 2 heterocycles. The van der Waals surface area contributed by atoms with Gasteiger partial charge in [0.25, 0.3) is 0 Å². The van der Waals surface area contributed by atoms with E-state index in [1.165, 1.54) is 10.8 Å². The molecule has 8 heteroatoms. The number of rotatable bonds is 3. The first-order valence-electron chi connectivity index (χ1n) is 9.44. The number of carbonyl (C=O) groups is 1. The van der Waals surface area contributed by atoms with Gasteiger partial charge in [0.05, 0.1) is 17.0 Å². The summed E-state index contributed by atoms with van der Waals surface area (Å²) in [5.41, 5.74) is -1.80. The molecule has 0 amide bonds. The lowest BCUT2D eigenvalue weighted by molar-refractivity contribution is -0.0638. The standard InChI is InChI=1S/C20H20F2N2O4/c1-20-5-14(25)12(20)7-23(8-20)17-13(21)4-10-16(15(17)22)24(9-2-3-9)6-11(18(10)26)19(27)28/h4,6,9,12,14,25H,2-3,5,7-8H2,1H3,(H,27,28)/t12-,14-,20+/m0/s1. The summed E-state index contributed by atoms with van der Waals surface area (Å²) in [6.07, 6.45) is 2.80. The number of aromatic carboxylic acids is 1. The van der Waals surface area contributed by atoms with Crippen molar-refractivity contribution in [3.8, 4) is 0 Å². The van der Waals surface area contributed by atoms with Gasteiger partial charge in [-0.3, -0.25) is 4.79 Å². The zero-order chi connectivity index (χ0) is 20.0. The van der Waals surface area contributed by atoms with Crippen LogP contribution in [0.5, 0.6) is 0 Å². The first-order chi connectivity index (χ1) is 13.2. The van der Waals surface area contributed by atoms with Crippen LogP contribution in [0.1, 0.15) is 42.6 Å². The van der Waals surface area contributed by atoms with Crippen LogP contribution < -0.4 is 10.3 Å². The predicted octanol–water partition coefficient (Wildman–Crippen LogP) is 2.52. The second-order valence-corrected chi connectivity index (χ2v) is 8.65. The largest absolute Gasteiger partial charge is 0.477 e. The summed E-state index contributed by atoms with van der Waals surface area (Å²) < 4.78 is 32.0. The van der Waals surface area contributed by atoms with Gasteiger partial charge in [-0.05, 0) is 30.7 Å². The van der Waals surface area contributed by atoms with Crippen LogP contribution >= 0.6 is 0 Å². The Morgan fingerprint density at radius 1 is 1.32 bits per heavy atom. The van der Waals surface area contributed by atoms with E-state index in [-0.39, 0.29) is 34.0 Å². The fraction of sp³-hybridized carbons (Fsp3) is 0.500. The van der Waals surface area contributed by atoms with Crippen LogP contribution in [-0.2, 0) is 0 Å². The zero-order valence-electron chi connectivity index (χ0n) is 15.3. The summed E-state index contributed by atoms with van der Waals surface area (Å²) in [6, 6.07) is 0.864. The smallest absolute Gasteiger partial charge is 0.341 e. The summed E-state index contributed by atoms with van der Waals surface area (Å²) in [6.45, 7) is 2.77. The Morgan fingerprint density at radius 3 is 2.61 bits per heavy atom. The number of anilines is 1. The van der Waals surface area contributed by atoms with Crippen LogP contribution in [0, 0.1) is 23.0 Å². The number of fused-ring (bicyclic) bond motifs is 2. The Hall–Kier alpha value is -2.48. The van der Waals surface area contributed by atoms with Gasteiger partial charge in [-0.1, -0.05) is 6.92 Å². The molecule has 2 aromatic rings. The van der Waals surface area contributed by atoms with Crippen LogP contribution in [0.2, 0.25) is 0 Å². The molecule has 0 radical (unpaired) electrons. The highest BCUT2D eigenvalue weighted by molar-refractivity contribution is 5.94. The average Bonchev–Trinajstić information content (AvgIpc) is 3.41. The molecule has 148 valence electrons. The van der Waals surface area contributed by atoms with E-state index in [1.807, 2.05) is 6.92 Å². The van der Waals surface area contributed by atoms with Crippen LogP contribution in [0.3, 0.4) is 0 Å². The minimum Gasteiger partial charge on any atom is -0.477 e. The van der Waals surface area contributed by atoms with Crippen LogP contribution in [-0.4, -0.2) is 39.9 Å². The van der Waals surface area contributed by atoms with Gasteiger partial charge in [0.15, 0.2) is 5.82 Å². The first-order valence-corrected chi connectivity index (χ1v) is 9.44. The Bertz CT molecular complexity index is 1090. The topological polar surface area (TPSA) is 82.8 Å². The number of hydrogen-bond acceptors (Lipinski definition) is 4. The molecule has 1 aliphatic heterocycles. The number of halogens is 2. The lowest BCUT2D eigenvalue weighted by atomic mass is 9.61. The van der Waals surface area contributed by atoms with Crippen molar-refractivity contribution in [1.82, 2.24) is 4.57 Å². The van der Waals surface area contributed by atoms with Gasteiger partial charge >= 0.3 is 5.97 Å². The van der Waals surface area contributed by atoms with Gasteiger partial charge in [-0.15, -0.1) is 0 Å². The number of benzene rings is 1. The second kappa shape index (κ2) is 5.53. The van der Waals surface area contributed by atoms with Crippen molar-refractivity contribution in [2.75, 3.05) is 18.0 Å². The third kappa shape index (κ3) is 2.27. The number of aromatic nitrogens is 1. The van der Waals surface area contributed by atoms with E-state index in [1.54, 1.807) is 4.90 Å². The monoisotopic (exact) mass is 390 g/mol. The molecule has 1 aromatic heterocycles. The molecule has 3 aliphatic rings. The van der Waals surface area contributed by atoms with Crippen molar-refractivity contribution in [3.05, 3.63) is 39.7 Å². The van der Waals surface area contributed by atoms with Gasteiger partial charge in [-0.25, -0.2) is 13.6 Å². The molecular formula is C20H20F2N2O4. The number of pyridine rings is 1. The molecule has 0 unspecified atom stereocenters. The minimum atomic E-state index is -1.41. The number of carboxylic acid groups (broad SMARTS) is 1. The van der Waals surface area contributed by atoms with Crippen LogP contribution in [0.4, 0.5) is 14.5 Å². The second-order valence-electron chi connectivity index (χ2n) is 8.65. The number of nitrogens with zero attached hydrogens (tertiary/aromatic N) is 2. The maximum Gasteiger partial charge on any atom is 0.341 e. The van der Waals surface area contributed by atoms with E-state index in [9.17, 15) is 24.2 Å². The summed E-state index contributed by atoms with van der Waals surface area (Å²) in [4.78, 5) is 25.6. The van der Waals surface area contributed by atoms with E-state index >= 15 is 4.39 Å².